The number of rotatable bonds is 10. The number of ether oxygens (including phenoxy) is 3. The van der Waals surface area contributed by atoms with Gasteiger partial charge in [-0.15, -0.1) is 0 Å². The van der Waals surface area contributed by atoms with Crippen LogP contribution >= 0.6 is 0 Å². The molecular formula is C30H36N4O8. The Bertz CT molecular complexity index is 1430. The van der Waals surface area contributed by atoms with Crippen molar-refractivity contribution in [3.8, 4) is 5.75 Å². The number of hydrogen-bond donors (Lipinski definition) is 1. The molecule has 2 aromatic rings. The van der Waals surface area contributed by atoms with E-state index in [1.165, 1.54) is 30.2 Å². The Hall–Kier alpha value is -4.71. The summed E-state index contributed by atoms with van der Waals surface area (Å²) in [6, 6.07) is 12.3. The lowest BCUT2D eigenvalue weighted by Crippen LogP contribution is -2.33. The smallest absolute Gasteiger partial charge is 0.414 e. The minimum atomic E-state index is -0.970. The maximum absolute atomic E-state index is 13.7. The van der Waals surface area contributed by atoms with Gasteiger partial charge in [-0.2, -0.15) is 0 Å². The Balaban J connectivity index is 1.94. The molecule has 0 aromatic heterocycles. The van der Waals surface area contributed by atoms with Gasteiger partial charge in [-0.25, -0.2) is 14.4 Å². The molecule has 0 spiro atoms. The summed E-state index contributed by atoms with van der Waals surface area (Å²) in [6.45, 7) is 5.59. The van der Waals surface area contributed by atoms with Crippen LogP contribution in [0.3, 0.4) is 0 Å². The van der Waals surface area contributed by atoms with Crippen molar-refractivity contribution in [1.29, 1.82) is 0 Å². The topological polar surface area (TPSA) is 141 Å². The first-order valence-corrected chi connectivity index (χ1v) is 13.3. The van der Waals surface area contributed by atoms with Gasteiger partial charge in [-0.1, -0.05) is 24.3 Å². The van der Waals surface area contributed by atoms with Crippen LogP contribution in [0.15, 0.2) is 71.1 Å². The van der Waals surface area contributed by atoms with E-state index in [1.807, 2.05) is 32.0 Å². The highest BCUT2D eigenvalue weighted by molar-refractivity contribution is 5.99. The summed E-state index contributed by atoms with van der Waals surface area (Å²) in [6.07, 6.45) is -0.494. The molecule has 224 valence electrons. The van der Waals surface area contributed by atoms with E-state index in [0.717, 1.165) is 5.56 Å². The Kier molecular flexibility index (Phi) is 10.4. The van der Waals surface area contributed by atoms with E-state index >= 15 is 0 Å². The second kappa shape index (κ2) is 13.8. The molecule has 1 N–H and O–H groups in total. The summed E-state index contributed by atoms with van der Waals surface area (Å²) < 4.78 is 16.3. The van der Waals surface area contributed by atoms with Crippen LogP contribution in [0, 0.1) is 10.1 Å². The lowest BCUT2D eigenvalue weighted by atomic mass is 9.80. The monoisotopic (exact) mass is 580 g/mol. The number of allylic oxidation sites excluding steroid dienone is 2. The fourth-order valence-corrected chi connectivity index (χ4v) is 4.67. The Morgan fingerprint density at radius 1 is 1.00 bits per heavy atom. The highest BCUT2D eigenvalue weighted by atomic mass is 16.6. The van der Waals surface area contributed by atoms with E-state index in [-0.39, 0.29) is 23.4 Å². The quantitative estimate of drug-likeness (QED) is 0.246. The minimum Gasteiger partial charge on any atom is -0.466 e. The third-order valence-corrected chi connectivity index (χ3v) is 7.03. The molecule has 12 heteroatoms. The van der Waals surface area contributed by atoms with Crippen molar-refractivity contribution in [1.82, 2.24) is 15.1 Å². The molecule has 1 aliphatic rings. The van der Waals surface area contributed by atoms with E-state index in [4.69, 9.17) is 14.2 Å². The molecule has 42 heavy (non-hydrogen) atoms. The largest absolute Gasteiger partial charge is 0.466 e. The number of nitro groups is 1. The van der Waals surface area contributed by atoms with Gasteiger partial charge in [0.15, 0.2) is 0 Å². The van der Waals surface area contributed by atoms with Gasteiger partial charge in [-0.3, -0.25) is 15.0 Å². The number of dihydropyridines is 1. The molecule has 0 bridgehead atoms. The number of non-ortho nitro benzene ring substituents is 1. The van der Waals surface area contributed by atoms with Gasteiger partial charge in [-0.05, 0) is 58.1 Å². The summed E-state index contributed by atoms with van der Waals surface area (Å²) in [4.78, 5) is 53.1. The van der Waals surface area contributed by atoms with Crippen molar-refractivity contribution in [3.05, 3.63) is 92.3 Å². The molecule has 12 nitrogen and oxygen atoms in total. The fraction of sp³-hybridized carbons (Fsp3) is 0.367. The average molecular weight is 581 g/mol. The van der Waals surface area contributed by atoms with Gasteiger partial charge >= 0.3 is 18.0 Å². The number of nitrogens with zero attached hydrogens (tertiary/aromatic N) is 3. The number of likely N-dealkylation sites (N-methyl/N-ethyl adjacent to an activating group) is 1. The van der Waals surface area contributed by atoms with Crippen LogP contribution in [0.25, 0.3) is 0 Å². The summed E-state index contributed by atoms with van der Waals surface area (Å²) in [5.74, 6) is -2.01. The molecule has 0 radical (unpaired) electrons. The number of benzene rings is 2. The fourth-order valence-electron chi connectivity index (χ4n) is 4.67. The second-order valence-electron chi connectivity index (χ2n) is 10.0. The van der Waals surface area contributed by atoms with Gasteiger partial charge in [0, 0.05) is 37.1 Å². The predicted molar refractivity (Wildman–Crippen MR) is 155 cm³/mol. The van der Waals surface area contributed by atoms with Crippen LogP contribution in [-0.4, -0.2) is 74.2 Å². The molecule has 0 fully saturated rings. The molecule has 1 aliphatic heterocycles. The van der Waals surface area contributed by atoms with Crippen molar-refractivity contribution in [3.63, 3.8) is 0 Å². The average Bonchev–Trinajstić information content (AvgIpc) is 2.95. The number of hydrogen-bond acceptors (Lipinski definition) is 10. The molecular weight excluding hydrogens is 544 g/mol. The first kappa shape index (κ1) is 31.8. The molecule has 0 aliphatic carbocycles. The minimum absolute atomic E-state index is 0.0766. The van der Waals surface area contributed by atoms with Crippen LogP contribution in [0.4, 0.5) is 10.5 Å². The molecule has 3 rings (SSSR count). The van der Waals surface area contributed by atoms with E-state index in [0.29, 0.717) is 29.3 Å². The summed E-state index contributed by atoms with van der Waals surface area (Å²) >= 11 is 0. The third kappa shape index (κ3) is 7.13. The summed E-state index contributed by atoms with van der Waals surface area (Å²) in [5.41, 5.74) is 2.10. The maximum atomic E-state index is 13.7. The third-order valence-electron chi connectivity index (χ3n) is 7.03. The van der Waals surface area contributed by atoms with E-state index in [1.54, 1.807) is 45.2 Å². The Morgan fingerprint density at radius 2 is 1.64 bits per heavy atom. The van der Waals surface area contributed by atoms with Crippen LogP contribution in [-0.2, 0) is 19.1 Å². The number of methoxy groups -OCH3 is 1. The highest BCUT2D eigenvalue weighted by Crippen LogP contribution is 2.40. The van der Waals surface area contributed by atoms with Gasteiger partial charge in [0.05, 0.1) is 35.1 Å². The maximum Gasteiger partial charge on any atom is 0.414 e. The number of carbonyl (C=O) groups is 3. The van der Waals surface area contributed by atoms with Gasteiger partial charge < -0.3 is 24.4 Å². The Labute approximate surface area is 244 Å². The predicted octanol–water partition coefficient (Wildman–Crippen LogP) is 4.30. The standard InChI is InChI=1S/C30H36N4O8/c1-8-33(6)30(37)42-23-14-10-11-20(16-23)24(32(4)5)17-41-29(36)26-19(3)31-18(2)25(28(35)40-7)27(26)21-12-9-13-22(15-21)34(38)39/h9-16,24,27,31H,8,17H2,1-7H3. The number of amides is 1. The summed E-state index contributed by atoms with van der Waals surface area (Å²) in [7, 11) is 6.50. The molecule has 2 atom stereocenters. The van der Waals surface area contributed by atoms with Crippen LogP contribution in [0.5, 0.6) is 5.75 Å². The summed E-state index contributed by atoms with van der Waals surface area (Å²) in [5, 5.41) is 14.6. The zero-order valence-corrected chi connectivity index (χ0v) is 24.8. The zero-order chi connectivity index (χ0) is 31.1. The molecule has 0 saturated carbocycles. The van der Waals surface area contributed by atoms with Crippen molar-refractivity contribution in [2.24, 2.45) is 0 Å². The van der Waals surface area contributed by atoms with Crippen LogP contribution in [0.2, 0.25) is 0 Å². The lowest BCUT2D eigenvalue weighted by molar-refractivity contribution is -0.384. The number of esters is 2. The first-order chi connectivity index (χ1) is 19.9. The number of nitro benzene ring substituents is 1. The lowest BCUT2D eigenvalue weighted by Gasteiger charge is -2.31. The SMILES string of the molecule is CCN(C)C(=O)Oc1cccc(C(COC(=O)C2=C(C)NC(C)=C(C(=O)OC)C2c2cccc([N+](=O)[O-])c2)N(C)C)c1. The van der Waals surface area contributed by atoms with Crippen molar-refractivity contribution < 1.29 is 33.5 Å². The molecule has 1 amide bonds. The van der Waals surface area contributed by atoms with Gasteiger partial charge in [0.2, 0.25) is 0 Å². The molecule has 2 unspecified atom stereocenters. The van der Waals surface area contributed by atoms with Crippen LogP contribution in [0.1, 0.15) is 43.9 Å². The normalized spacial score (nSPS) is 15.6. The zero-order valence-electron chi connectivity index (χ0n) is 24.8. The van der Waals surface area contributed by atoms with E-state index in [9.17, 15) is 24.5 Å². The first-order valence-electron chi connectivity index (χ1n) is 13.3. The number of carbonyl (C=O) groups excluding carboxylic acids is 3. The molecule has 2 aromatic carbocycles. The van der Waals surface area contributed by atoms with Crippen molar-refractivity contribution in [2.45, 2.75) is 32.7 Å². The highest BCUT2D eigenvalue weighted by Gasteiger charge is 2.38. The second-order valence-corrected chi connectivity index (χ2v) is 10.0. The van der Waals surface area contributed by atoms with Crippen molar-refractivity contribution in [2.75, 3.05) is 41.4 Å². The van der Waals surface area contributed by atoms with Crippen LogP contribution < -0.4 is 10.1 Å². The van der Waals surface area contributed by atoms with Gasteiger partial charge in [0.25, 0.3) is 5.69 Å². The van der Waals surface area contributed by atoms with Gasteiger partial charge in [0.1, 0.15) is 12.4 Å². The van der Waals surface area contributed by atoms with E-state index < -0.39 is 34.9 Å². The van der Waals surface area contributed by atoms with E-state index in [2.05, 4.69) is 5.32 Å². The van der Waals surface area contributed by atoms with Crippen molar-refractivity contribution >= 4 is 23.7 Å². The molecule has 1 heterocycles. The Morgan fingerprint density at radius 3 is 2.24 bits per heavy atom. The number of nitrogens with one attached hydrogen (secondary N) is 1. The molecule has 0 saturated heterocycles.